The third-order valence-electron chi connectivity index (χ3n) is 2.99. The second kappa shape index (κ2) is 7.38. The van der Waals surface area contributed by atoms with Gasteiger partial charge in [-0.1, -0.05) is 47.0 Å². The van der Waals surface area contributed by atoms with Crippen molar-refractivity contribution in [2.45, 2.75) is 13.8 Å². The van der Waals surface area contributed by atoms with Crippen LogP contribution in [0.4, 0.5) is 10.5 Å². The number of hydrogen-bond donors (Lipinski definition) is 2. The van der Waals surface area contributed by atoms with Gasteiger partial charge in [-0.15, -0.1) is 0 Å². The van der Waals surface area contributed by atoms with E-state index in [4.69, 9.17) is 27.9 Å². The fourth-order valence-corrected chi connectivity index (χ4v) is 2.26. The van der Waals surface area contributed by atoms with Crippen LogP contribution in [0.25, 0.3) is 0 Å². The van der Waals surface area contributed by atoms with Crippen LogP contribution in [0, 0.1) is 13.8 Å². The Balaban J connectivity index is 1.87. The zero-order chi connectivity index (χ0) is 16.1. The van der Waals surface area contributed by atoms with Gasteiger partial charge >= 0.3 is 6.03 Å². The highest BCUT2D eigenvalue weighted by Gasteiger charge is 2.08. The standard InChI is InChI=1S/C16H16Cl2N2O2/c1-10-6-7-14(11(2)8-10)22-9-19-16(21)20-13-5-3-4-12(17)15(13)18/h3-8H,9H2,1-2H3,(H2,19,20,21). The van der Waals surface area contributed by atoms with E-state index in [2.05, 4.69) is 10.6 Å². The Labute approximate surface area is 139 Å². The number of benzene rings is 2. The van der Waals surface area contributed by atoms with Crippen molar-refractivity contribution in [2.24, 2.45) is 0 Å². The summed E-state index contributed by atoms with van der Waals surface area (Å²) >= 11 is 11.9. The molecule has 6 heteroatoms. The molecular formula is C16H16Cl2N2O2. The van der Waals surface area contributed by atoms with Gasteiger partial charge in [0.05, 0.1) is 15.7 Å². The average Bonchev–Trinajstić information content (AvgIpc) is 2.46. The van der Waals surface area contributed by atoms with E-state index in [1.165, 1.54) is 0 Å². The summed E-state index contributed by atoms with van der Waals surface area (Å²) < 4.78 is 5.52. The molecule has 0 aliphatic heterocycles. The van der Waals surface area contributed by atoms with Crippen molar-refractivity contribution in [3.8, 4) is 5.75 Å². The maximum atomic E-state index is 11.8. The van der Waals surface area contributed by atoms with Gasteiger partial charge in [0, 0.05) is 0 Å². The molecule has 2 aromatic carbocycles. The Bertz CT molecular complexity index is 690. The van der Waals surface area contributed by atoms with Crippen LogP contribution in [0.5, 0.6) is 5.75 Å². The first-order valence-electron chi connectivity index (χ1n) is 6.66. The number of hydrogen-bond acceptors (Lipinski definition) is 2. The van der Waals surface area contributed by atoms with Crippen LogP contribution in [0.2, 0.25) is 10.0 Å². The number of aryl methyl sites for hydroxylation is 2. The summed E-state index contributed by atoms with van der Waals surface area (Å²) in [4.78, 5) is 11.8. The van der Waals surface area contributed by atoms with Crippen LogP contribution in [-0.4, -0.2) is 12.8 Å². The van der Waals surface area contributed by atoms with Crippen LogP contribution >= 0.6 is 23.2 Å². The van der Waals surface area contributed by atoms with Gasteiger partial charge in [0.15, 0.2) is 6.73 Å². The van der Waals surface area contributed by atoms with Crippen molar-refractivity contribution < 1.29 is 9.53 Å². The molecule has 0 saturated carbocycles. The first-order valence-corrected chi connectivity index (χ1v) is 7.42. The summed E-state index contributed by atoms with van der Waals surface area (Å²) in [6.45, 7) is 4.01. The Hall–Kier alpha value is -1.91. The van der Waals surface area contributed by atoms with Crippen LogP contribution in [-0.2, 0) is 0 Å². The van der Waals surface area contributed by atoms with E-state index in [0.717, 1.165) is 16.9 Å². The molecule has 0 atom stereocenters. The van der Waals surface area contributed by atoms with Gasteiger partial charge in [-0.2, -0.15) is 0 Å². The minimum atomic E-state index is -0.422. The smallest absolute Gasteiger partial charge is 0.321 e. The molecule has 2 rings (SSSR count). The van der Waals surface area contributed by atoms with E-state index < -0.39 is 6.03 Å². The number of urea groups is 1. The van der Waals surface area contributed by atoms with E-state index in [9.17, 15) is 4.79 Å². The maximum absolute atomic E-state index is 11.8. The number of carbonyl (C=O) groups excluding carboxylic acids is 1. The van der Waals surface area contributed by atoms with Crippen molar-refractivity contribution >= 4 is 34.9 Å². The van der Waals surface area contributed by atoms with E-state index >= 15 is 0 Å². The largest absolute Gasteiger partial charge is 0.473 e. The molecule has 2 N–H and O–H groups in total. The Kier molecular flexibility index (Phi) is 5.52. The summed E-state index contributed by atoms with van der Waals surface area (Å²) in [7, 11) is 0. The lowest BCUT2D eigenvalue weighted by atomic mass is 10.1. The predicted molar refractivity (Wildman–Crippen MR) is 90.0 cm³/mol. The summed E-state index contributed by atoms with van der Waals surface area (Å²) in [6, 6.07) is 10.4. The Morgan fingerprint density at radius 3 is 2.68 bits per heavy atom. The number of ether oxygens (including phenoxy) is 1. The fourth-order valence-electron chi connectivity index (χ4n) is 1.91. The van der Waals surface area contributed by atoms with Crippen molar-refractivity contribution in [2.75, 3.05) is 12.0 Å². The van der Waals surface area contributed by atoms with Crippen molar-refractivity contribution in [1.82, 2.24) is 5.32 Å². The van der Waals surface area contributed by atoms with Gasteiger partial charge in [0.25, 0.3) is 0 Å². The van der Waals surface area contributed by atoms with Crippen LogP contribution in [0.15, 0.2) is 36.4 Å². The first-order chi connectivity index (χ1) is 10.5. The Morgan fingerprint density at radius 1 is 1.18 bits per heavy atom. The van der Waals surface area contributed by atoms with Crippen LogP contribution in [0.1, 0.15) is 11.1 Å². The van der Waals surface area contributed by atoms with Crippen LogP contribution in [0.3, 0.4) is 0 Å². The predicted octanol–water partition coefficient (Wildman–Crippen LogP) is 4.77. The van der Waals surface area contributed by atoms with Crippen molar-refractivity contribution in [3.63, 3.8) is 0 Å². The number of halogens is 2. The SMILES string of the molecule is Cc1ccc(OCNC(=O)Nc2cccc(Cl)c2Cl)c(C)c1. The second-order valence-electron chi connectivity index (χ2n) is 4.79. The van der Waals surface area contributed by atoms with E-state index in [1.807, 2.05) is 32.0 Å². The van der Waals surface area contributed by atoms with Gasteiger partial charge in [0.2, 0.25) is 0 Å². The summed E-state index contributed by atoms with van der Waals surface area (Å²) in [5.74, 6) is 0.728. The number of rotatable bonds is 4. The monoisotopic (exact) mass is 338 g/mol. The molecule has 0 fully saturated rings. The lowest BCUT2D eigenvalue weighted by molar-refractivity contribution is 0.234. The molecule has 0 saturated heterocycles. The van der Waals surface area contributed by atoms with Gasteiger partial charge in [0.1, 0.15) is 5.75 Å². The van der Waals surface area contributed by atoms with Gasteiger partial charge < -0.3 is 15.4 Å². The van der Waals surface area contributed by atoms with E-state index in [-0.39, 0.29) is 6.73 Å². The maximum Gasteiger partial charge on any atom is 0.321 e. The minimum Gasteiger partial charge on any atom is -0.473 e. The highest BCUT2D eigenvalue weighted by Crippen LogP contribution is 2.29. The summed E-state index contributed by atoms with van der Waals surface area (Å²) in [6.07, 6.45) is 0. The zero-order valence-electron chi connectivity index (χ0n) is 12.2. The topological polar surface area (TPSA) is 50.4 Å². The molecule has 0 aromatic heterocycles. The third kappa shape index (κ3) is 4.29. The molecule has 4 nitrogen and oxygen atoms in total. The van der Waals surface area contributed by atoms with Crippen LogP contribution < -0.4 is 15.4 Å². The number of carbonyl (C=O) groups is 1. The summed E-state index contributed by atoms with van der Waals surface area (Å²) in [5.41, 5.74) is 2.62. The normalized spacial score (nSPS) is 10.2. The molecule has 0 aliphatic carbocycles. The fraction of sp³-hybridized carbons (Fsp3) is 0.188. The molecule has 0 aliphatic rings. The highest BCUT2D eigenvalue weighted by molar-refractivity contribution is 6.43. The van der Waals surface area contributed by atoms with Crippen molar-refractivity contribution in [1.29, 1.82) is 0 Å². The van der Waals surface area contributed by atoms with E-state index in [0.29, 0.717) is 15.7 Å². The molecule has 2 amide bonds. The number of anilines is 1. The molecule has 0 unspecified atom stereocenters. The Morgan fingerprint density at radius 2 is 1.95 bits per heavy atom. The number of nitrogens with one attached hydrogen (secondary N) is 2. The molecule has 22 heavy (non-hydrogen) atoms. The lowest BCUT2D eigenvalue weighted by Gasteiger charge is -2.12. The quantitative estimate of drug-likeness (QED) is 0.789. The zero-order valence-corrected chi connectivity index (χ0v) is 13.8. The first kappa shape index (κ1) is 16.5. The second-order valence-corrected chi connectivity index (χ2v) is 5.58. The third-order valence-corrected chi connectivity index (χ3v) is 3.81. The van der Waals surface area contributed by atoms with Gasteiger partial charge in [-0.05, 0) is 37.6 Å². The molecule has 0 spiro atoms. The molecule has 0 bridgehead atoms. The van der Waals surface area contributed by atoms with Crippen molar-refractivity contribution in [3.05, 3.63) is 57.6 Å². The highest BCUT2D eigenvalue weighted by atomic mass is 35.5. The minimum absolute atomic E-state index is 0.0495. The lowest BCUT2D eigenvalue weighted by Crippen LogP contribution is -2.32. The molecule has 0 radical (unpaired) electrons. The number of amides is 2. The molecule has 0 heterocycles. The van der Waals surface area contributed by atoms with E-state index in [1.54, 1.807) is 18.2 Å². The molecular weight excluding hydrogens is 323 g/mol. The average molecular weight is 339 g/mol. The molecule has 2 aromatic rings. The summed E-state index contributed by atoms with van der Waals surface area (Å²) in [5, 5.41) is 5.89. The van der Waals surface area contributed by atoms with Gasteiger partial charge in [-0.25, -0.2) is 4.79 Å². The van der Waals surface area contributed by atoms with Gasteiger partial charge in [-0.3, -0.25) is 0 Å². The molecule has 116 valence electrons.